The minimum absolute atomic E-state index is 0.120. The van der Waals surface area contributed by atoms with Gasteiger partial charge < -0.3 is 24.4 Å². The van der Waals surface area contributed by atoms with Crippen molar-refractivity contribution in [2.45, 2.75) is 17.7 Å². The Labute approximate surface area is 238 Å². The highest BCUT2D eigenvalue weighted by atomic mass is 35.5. The number of nitrogens with zero attached hydrogens (tertiary/aromatic N) is 1. The molecule has 10 nitrogen and oxygen atoms in total. The highest BCUT2D eigenvalue weighted by Crippen LogP contribution is 2.36. The predicted octanol–water partition coefficient (Wildman–Crippen LogP) is 3.85. The van der Waals surface area contributed by atoms with E-state index in [0.29, 0.717) is 34.4 Å². The van der Waals surface area contributed by atoms with Crippen LogP contribution < -0.4 is 19.5 Å². The molecular weight excluding hydrogens is 558 g/mol. The number of hydrogen-bond acceptors (Lipinski definition) is 7. The van der Waals surface area contributed by atoms with E-state index in [9.17, 15) is 18.0 Å². The molecule has 1 aliphatic heterocycles. The van der Waals surface area contributed by atoms with E-state index < -0.39 is 15.9 Å². The van der Waals surface area contributed by atoms with E-state index in [2.05, 4.69) is 10.0 Å². The quantitative estimate of drug-likeness (QED) is 0.465. The number of sulfonamides is 1. The normalized spacial score (nSPS) is 14.8. The maximum absolute atomic E-state index is 13.1. The van der Waals surface area contributed by atoms with Crippen LogP contribution in [0.15, 0.2) is 71.6 Å². The van der Waals surface area contributed by atoms with Crippen molar-refractivity contribution in [3.05, 3.63) is 77.3 Å². The molecule has 0 aliphatic carbocycles. The molecule has 0 aromatic heterocycles. The Hall–Kier alpha value is -3.64. The summed E-state index contributed by atoms with van der Waals surface area (Å²) in [6.07, 6.45) is 0.491. The summed E-state index contributed by atoms with van der Waals surface area (Å²) in [4.78, 5) is 27.8. The molecule has 40 heavy (non-hydrogen) atoms. The second-order valence-corrected chi connectivity index (χ2v) is 11.2. The molecule has 0 fully saturated rings. The lowest BCUT2D eigenvalue weighted by molar-refractivity contribution is -0.135. The van der Waals surface area contributed by atoms with Crippen LogP contribution in [0, 0.1) is 0 Å². The van der Waals surface area contributed by atoms with Crippen LogP contribution in [0.5, 0.6) is 17.2 Å². The van der Waals surface area contributed by atoms with Crippen molar-refractivity contribution in [3.8, 4) is 17.2 Å². The first-order valence-electron chi connectivity index (χ1n) is 12.6. The number of hydrogen-bond donors (Lipinski definition) is 2. The Morgan fingerprint density at radius 2 is 1.75 bits per heavy atom. The topological polar surface area (TPSA) is 123 Å². The van der Waals surface area contributed by atoms with Gasteiger partial charge >= 0.3 is 0 Å². The second kappa shape index (κ2) is 13.6. The third kappa shape index (κ3) is 7.95. The summed E-state index contributed by atoms with van der Waals surface area (Å²) in [6, 6.07) is 18.3. The largest absolute Gasteiger partial charge is 0.487 e. The number of fused-ring (bicyclic) bond motifs is 2. The van der Waals surface area contributed by atoms with E-state index in [4.69, 9.17) is 25.8 Å². The van der Waals surface area contributed by atoms with Gasteiger partial charge in [-0.15, -0.1) is 0 Å². The van der Waals surface area contributed by atoms with Gasteiger partial charge in [0.25, 0.3) is 0 Å². The summed E-state index contributed by atoms with van der Waals surface area (Å²) in [5.74, 6) is 0.662. The van der Waals surface area contributed by atoms with Crippen LogP contribution in [0.2, 0.25) is 5.02 Å². The minimum atomic E-state index is -3.55. The number of rotatable bonds is 5. The monoisotopic (exact) mass is 587 g/mol. The van der Waals surface area contributed by atoms with Crippen molar-refractivity contribution >= 4 is 39.1 Å². The van der Waals surface area contributed by atoms with E-state index in [1.165, 1.54) is 24.1 Å². The predicted molar refractivity (Wildman–Crippen MR) is 151 cm³/mol. The lowest BCUT2D eigenvalue weighted by atomic mass is 10.1. The van der Waals surface area contributed by atoms with Crippen LogP contribution in [0.1, 0.15) is 12.0 Å². The smallest absolute Gasteiger partial charge is 0.244 e. The third-order valence-corrected chi connectivity index (χ3v) is 7.76. The maximum Gasteiger partial charge on any atom is 0.244 e. The number of carbonyl (C=O) groups is 2. The van der Waals surface area contributed by atoms with Gasteiger partial charge in [0.2, 0.25) is 21.8 Å². The Balaban J connectivity index is 1.47. The average molecular weight is 588 g/mol. The maximum atomic E-state index is 13.1. The van der Waals surface area contributed by atoms with Gasteiger partial charge in [-0.1, -0.05) is 35.9 Å². The molecule has 0 unspecified atom stereocenters. The Bertz CT molecular complexity index is 1450. The van der Waals surface area contributed by atoms with Crippen molar-refractivity contribution in [2.75, 3.05) is 45.3 Å². The van der Waals surface area contributed by atoms with Gasteiger partial charge in [-0.3, -0.25) is 9.59 Å². The lowest BCUT2D eigenvalue weighted by Crippen LogP contribution is -2.40. The number of carbonyl (C=O) groups excluding carboxylic acids is 2. The zero-order valence-electron chi connectivity index (χ0n) is 21.9. The number of halogens is 1. The molecule has 1 aliphatic rings. The van der Waals surface area contributed by atoms with Crippen molar-refractivity contribution in [1.29, 1.82) is 0 Å². The molecule has 3 aromatic rings. The van der Waals surface area contributed by atoms with Gasteiger partial charge in [0.15, 0.2) is 17.2 Å². The number of nitrogens with one attached hydrogen (secondary N) is 2. The van der Waals surface area contributed by atoms with Crippen molar-refractivity contribution in [2.24, 2.45) is 0 Å². The lowest BCUT2D eigenvalue weighted by Gasteiger charge is -2.22. The van der Waals surface area contributed by atoms with E-state index in [-0.39, 0.29) is 50.1 Å². The summed E-state index contributed by atoms with van der Waals surface area (Å²) in [6.45, 7) is 0.732. The number of amides is 2. The Morgan fingerprint density at radius 1 is 1.00 bits per heavy atom. The molecule has 0 radical (unpaired) electrons. The molecule has 0 saturated heterocycles. The summed E-state index contributed by atoms with van der Waals surface area (Å²) in [5.41, 5.74) is 1.14. The van der Waals surface area contributed by atoms with E-state index in [0.717, 1.165) is 5.56 Å². The second-order valence-electron chi connectivity index (χ2n) is 8.87. The third-order valence-electron chi connectivity index (χ3n) is 6.09. The molecule has 212 valence electrons. The first-order valence-corrected chi connectivity index (χ1v) is 14.5. The van der Waals surface area contributed by atoms with Crippen molar-refractivity contribution in [3.63, 3.8) is 0 Å². The SMILES string of the molecule is CNS(=O)(=O)c1ccc(CCC(=O)N2CCOCCOc3ccccc3Oc3ccc(Cl)cc3NC(=O)C2)cc1. The fourth-order valence-electron chi connectivity index (χ4n) is 3.97. The number of para-hydroxylation sites is 2. The van der Waals surface area contributed by atoms with E-state index in [1.54, 1.807) is 42.5 Å². The molecule has 2 amide bonds. The number of benzene rings is 3. The molecule has 2 N–H and O–H groups in total. The van der Waals surface area contributed by atoms with Gasteiger partial charge in [-0.25, -0.2) is 13.1 Å². The fourth-order valence-corrected chi connectivity index (χ4v) is 4.87. The van der Waals surface area contributed by atoms with Gasteiger partial charge in [0, 0.05) is 18.0 Å². The molecule has 1 heterocycles. The number of ether oxygens (including phenoxy) is 3. The standard InChI is InChI=1S/C28H30ClN3O7S/c1-30-40(35,36)22-10-6-20(7-11-22)8-13-28(34)32-14-15-37-16-17-38-25-4-2-3-5-26(25)39-24-12-9-21(29)18-23(24)31-27(33)19-32/h2-7,9-12,18,30H,8,13-17,19H2,1H3,(H,31,33). The molecular formula is C28H30ClN3O7S. The first-order chi connectivity index (χ1) is 19.2. The van der Waals surface area contributed by atoms with Gasteiger partial charge in [-0.05, 0) is 61.5 Å². The number of aryl methyl sites for hydroxylation is 1. The van der Waals surface area contributed by atoms with Crippen LogP contribution in [0.4, 0.5) is 5.69 Å². The summed E-state index contributed by atoms with van der Waals surface area (Å²) in [5, 5.41) is 3.20. The van der Waals surface area contributed by atoms with Gasteiger partial charge in [0.05, 0.1) is 30.3 Å². The molecule has 4 rings (SSSR count). The minimum Gasteiger partial charge on any atom is -0.487 e. The fraction of sp³-hybridized carbons (Fsp3) is 0.286. The van der Waals surface area contributed by atoms with Crippen molar-refractivity contribution < 1.29 is 32.2 Å². The highest BCUT2D eigenvalue weighted by molar-refractivity contribution is 7.89. The zero-order valence-corrected chi connectivity index (χ0v) is 23.5. The molecule has 0 saturated carbocycles. The van der Waals surface area contributed by atoms with E-state index in [1.807, 2.05) is 12.1 Å². The molecule has 3 aromatic carbocycles. The molecule has 0 bridgehead atoms. The van der Waals surface area contributed by atoms with E-state index >= 15 is 0 Å². The highest BCUT2D eigenvalue weighted by Gasteiger charge is 2.20. The molecule has 0 atom stereocenters. The Kier molecular flexibility index (Phi) is 9.99. The Morgan fingerprint density at radius 3 is 2.50 bits per heavy atom. The van der Waals surface area contributed by atoms with Crippen LogP contribution in [-0.2, 0) is 30.8 Å². The van der Waals surface area contributed by atoms with Crippen molar-refractivity contribution in [1.82, 2.24) is 9.62 Å². The van der Waals surface area contributed by atoms with Gasteiger partial charge in [0.1, 0.15) is 6.61 Å². The zero-order chi connectivity index (χ0) is 28.5. The molecule has 12 heteroatoms. The summed E-state index contributed by atoms with van der Waals surface area (Å²) >= 11 is 6.19. The van der Waals surface area contributed by atoms with Crippen LogP contribution in [0.25, 0.3) is 0 Å². The molecule has 0 spiro atoms. The van der Waals surface area contributed by atoms with Gasteiger partial charge in [-0.2, -0.15) is 0 Å². The summed E-state index contributed by atoms with van der Waals surface area (Å²) in [7, 11) is -2.20. The van der Waals surface area contributed by atoms with Crippen LogP contribution in [-0.4, -0.2) is 65.1 Å². The summed E-state index contributed by atoms with van der Waals surface area (Å²) < 4.78 is 43.7. The first kappa shape index (κ1) is 29.3. The van der Waals surface area contributed by atoms with Crippen LogP contribution >= 0.6 is 11.6 Å². The average Bonchev–Trinajstić information content (AvgIpc) is 2.95. The number of anilines is 1. The van der Waals surface area contributed by atoms with Crippen LogP contribution in [0.3, 0.4) is 0 Å².